The van der Waals surface area contributed by atoms with Crippen LogP contribution in [0.5, 0.6) is 0 Å². The maximum atomic E-state index is 5.41. The summed E-state index contributed by atoms with van der Waals surface area (Å²) in [7, 11) is 0. The summed E-state index contributed by atoms with van der Waals surface area (Å²) >= 11 is 4.10. The average Bonchev–Trinajstić information content (AvgIpc) is 3.57. The van der Waals surface area contributed by atoms with Gasteiger partial charge >= 0.3 is 0 Å². The summed E-state index contributed by atoms with van der Waals surface area (Å²) in [6, 6.07) is 43.8. The van der Waals surface area contributed by atoms with Crippen LogP contribution in [0.15, 0.2) is 140 Å². The van der Waals surface area contributed by atoms with Crippen molar-refractivity contribution in [1.29, 1.82) is 0 Å². The maximum absolute atomic E-state index is 5.41. The highest BCUT2D eigenvalue weighted by Gasteiger charge is 2.35. The summed E-state index contributed by atoms with van der Waals surface area (Å²) in [4.78, 5) is 9.23. The van der Waals surface area contributed by atoms with E-state index in [1.165, 1.54) is 22.3 Å². The van der Waals surface area contributed by atoms with Crippen molar-refractivity contribution in [3.8, 4) is 0 Å². The molecule has 0 aliphatic carbocycles. The molecule has 0 N–H and O–H groups in total. The van der Waals surface area contributed by atoms with Gasteiger partial charge in [0.05, 0.1) is 31.0 Å². The van der Waals surface area contributed by atoms with E-state index in [1.807, 2.05) is 12.5 Å². The van der Waals surface area contributed by atoms with E-state index in [4.69, 9.17) is 4.74 Å². The van der Waals surface area contributed by atoms with Gasteiger partial charge in [0.2, 0.25) is 0 Å². The summed E-state index contributed by atoms with van der Waals surface area (Å²) in [6.45, 7) is 6.31. The SMILES string of the molecule is SCOCC1CN(C(c2ccccc2)c2ccccc2)C1.c1ccc(C(c2ccccc2)N2CC(Cn3ccnc3)C2)cc1. The van der Waals surface area contributed by atoms with Gasteiger partial charge in [0, 0.05) is 57.0 Å². The van der Waals surface area contributed by atoms with Gasteiger partial charge in [-0.3, -0.25) is 9.80 Å². The number of hydrogen-bond acceptors (Lipinski definition) is 5. The van der Waals surface area contributed by atoms with Crippen LogP contribution in [-0.2, 0) is 11.3 Å². The van der Waals surface area contributed by atoms with Crippen molar-refractivity contribution >= 4 is 12.6 Å². The molecule has 0 bridgehead atoms. The maximum Gasteiger partial charge on any atom is 0.0946 e. The average molecular weight is 603 g/mol. The molecule has 1 aromatic heterocycles. The molecule has 6 heteroatoms. The van der Waals surface area contributed by atoms with Crippen molar-refractivity contribution in [3.05, 3.63) is 162 Å². The molecule has 2 aliphatic heterocycles. The second kappa shape index (κ2) is 15.4. The molecule has 0 amide bonds. The minimum absolute atomic E-state index is 0.347. The van der Waals surface area contributed by atoms with Gasteiger partial charge in [0.25, 0.3) is 0 Å². The Kier molecular flexibility index (Phi) is 10.6. The van der Waals surface area contributed by atoms with Crippen LogP contribution in [0.2, 0.25) is 0 Å². The first-order valence-corrected chi connectivity index (χ1v) is 16.2. The van der Waals surface area contributed by atoms with Crippen LogP contribution in [0.25, 0.3) is 0 Å². The van der Waals surface area contributed by atoms with Crippen LogP contribution in [0.1, 0.15) is 34.3 Å². The zero-order valence-electron chi connectivity index (χ0n) is 25.2. The zero-order valence-corrected chi connectivity index (χ0v) is 26.1. The van der Waals surface area contributed by atoms with Gasteiger partial charge in [0.1, 0.15) is 0 Å². The lowest BCUT2D eigenvalue weighted by Crippen LogP contribution is -2.50. The molecule has 226 valence electrons. The largest absolute Gasteiger partial charge is 0.371 e. The Morgan fingerprint density at radius 2 is 1.02 bits per heavy atom. The van der Waals surface area contributed by atoms with Crippen molar-refractivity contribution in [3.63, 3.8) is 0 Å². The number of rotatable bonds is 11. The molecule has 2 fully saturated rings. The quantitative estimate of drug-likeness (QED) is 0.128. The molecule has 5 nitrogen and oxygen atoms in total. The third-order valence-corrected chi connectivity index (χ3v) is 8.82. The summed E-state index contributed by atoms with van der Waals surface area (Å²) in [6.07, 6.45) is 5.82. The number of ether oxygens (including phenoxy) is 1. The third kappa shape index (κ3) is 7.69. The Bertz CT molecular complexity index is 1410. The number of benzene rings is 4. The highest BCUT2D eigenvalue weighted by molar-refractivity contribution is 7.80. The van der Waals surface area contributed by atoms with Crippen LogP contribution in [0.3, 0.4) is 0 Å². The second-order valence-corrected chi connectivity index (χ2v) is 12.1. The second-order valence-electron chi connectivity index (χ2n) is 11.8. The van der Waals surface area contributed by atoms with Gasteiger partial charge in [-0.15, -0.1) is 0 Å². The molecule has 7 rings (SSSR count). The molecule has 0 radical (unpaired) electrons. The molecule has 2 saturated heterocycles. The highest BCUT2D eigenvalue weighted by Crippen LogP contribution is 2.35. The third-order valence-electron chi connectivity index (χ3n) is 8.64. The van der Waals surface area contributed by atoms with Crippen LogP contribution in [0.4, 0.5) is 0 Å². The molecular formula is C38H42N4OS. The van der Waals surface area contributed by atoms with Gasteiger partial charge in [-0.05, 0) is 22.3 Å². The fourth-order valence-electron chi connectivity index (χ4n) is 6.54. The van der Waals surface area contributed by atoms with Gasteiger partial charge in [-0.1, -0.05) is 121 Å². The van der Waals surface area contributed by atoms with Crippen molar-refractivity contribution in [1.82, 2.24) is 19.4 Å². The predicted octanol–water partition coefficient (Wildman–Crippen LogP) is 7.22. The van der Waals surface area contributed by atoms with Gasteiger partial charge in [0.15, 0.2) is 0 Å². The van der Waals surface area contributed by atoms with E-state index in [2.05, 4.69) is 160 Å². The highest BCUT2D eigenvalue weighted by atomic mass is 32.1. The van der Waals surface area contributed by atoms with E-state index in [0.717, 1.165) is 39.3 Å². The monoisotopic (exact) mass is 602 g/mol. The fourth-order valence-corrected chi connectivity index (χ4v) is 6.65. The van der Waals surface area contributed by atoms with Crippen molar-refractivity contribution in [2.24, 2.45) is 11.8 Å². The van der Waals surface area contributed by atoms with Crippen LogP contribution in [-0.4, -0.2) is 58.1 Å². The van der Waals surface area contributed by atoms with E-state index in [0.29, 0.717) is 29.9 Å². The molecule has 4 aromatic carbocycles. The fraction of sp³-hybridized carbons (Fsp3) is 0.289. The number of hydrogen-bond donors (Lipinski definition) is 1. The number of nitrogens with zero attached hydrogens (tertiary/aromatic N) is 4. The van der Waals surface area contributed by atoms with Crippen molar-refractivity contribution in [2.45, 2.75) is 18.6 Å². The Hall–Kier alpha value is -3.68. The van der Waals surface area contributed by atoms with E-state index in [9.17, 15) is 0 Å². The van der Waals surface area contributed by atoms with Crippen LogP contribution >= 0.6 is 12.6 Å². The summed E-state index contributed by atoms with van der Waals surface area (Å²) in [5.41, 5.74) is 5.47. The van der Waals surface area contributed by atoms with Crippen molar-refractivity contribution < 1.29 is 4.74 Å². The lowest BCUT2D eigenvalue weighted by Gasteiger charge is -2.45. The molecule has 0 atom stereocenters. The van der Waals surface area contributed by atoms with Crippen molar-refractivity contribution in [2.75, 3.05) is 38.7 Å². The number of likely N-dealkylation sites (tertiary alicyclic amines) is 2. The molecule has 5 aromatic rings. The van der Waals surface area contributed by atoms with Gasteiger partial charge in [-0.2, -0.15) is 12.6 Å². The van der Waals surface area contributed by atoms with E-state index in [-0.39, 0.29) is 0 Å². The number of imidazole rings is 1. The summed E-state index contributed by atoms with van der Waals surface area (Å²) in [5.74, 6) is 1.85. The van der Waals surface area contributed by atoms with Gasteiger partial charge < -0.3 is 9.30 Å². The first-order chi connectivity index (χ1) is 21.8. The Labute approximate surface area is 267 Å². The topological polar surface area (TPSA) is 33.5 Å². The minimum Gasteiger partial charge on any atom is -0.371 e. The molecule has 0 saturated carbocycles. The number of aromatic nitrogens is 2. The van der Waals surface area contributed by atoms with E-state index < -0.39 is 0 Å². The zero-order chi connectivity index (χ0) is 30.0. The van der Waals surface area contributed by atoms with Gasteiger partial charge in [-0.25, -0.2) is 4.98 Å². The number of thiol groups is 1. The Morgan fingerprint density at radius 1 is 0.614 bits per heavy atom. The summed E-state index contributed by atoms with van der Waals surface area (Å²) < 4.78 is 7.60. The lowest BCUT2D eigenvalue weighted by molar-refractivity contribution is 0.0120. The Morgan fingerprint density at radius 3 is 1.39 bits per heavy atom. The normalized spacial score (nSPS) is 15.9. The molecule has 0 spiro atoms. The van der Waals surface area contributed by atoms with Crippen LogP contribution < -0.4 is 0 Å². The summed E-state index contributed by atoms with van der Waals surface area (Å²) in [5, 5.41) is 0. The first-order valence-electron chi connectivity index (χ1n) is 15.6. The lowest BCUT2D eigenvalue weighted by atomic mass is 9.90. The molecular weight excluding hydrogens is 561 g/mol. The molecule has 0 unspecified atom stereocenters. The van der Waals surface area contributed by atoms with Crippen LogP contribution in [0, 0.1) is 11.8 Å². The minimum atomic E-state index is 0.347. The molecule has 2 aliphatic rings. The first kappa shape index (κ1) is 30.4. The standard InChI is InChI=1S/C20H21N3.C18H21NOS/c1-3-7-18(8-4-1)20(19-9-5-2-6-10-19)23-14-17(15-23)13-22-12-11-21-16-22;21-14-20-13-15-11-19(12-15)18(16-7-3-1-4-8-16)17-9-5-2-6-10-17/h1-12,16-17,20H,13-15H2;1-10,15,18,21H,11-14H2. The smallest absolute Gasteiger partial charge is 0.0946 e. The van der Waals surface area contributed by atoms with E-state index >= 15 is 0 Å². The van der Waals surface area contributed by atoms with E-state index in [1.54, 1.807) is 0 Å². The molecule has 44 heavy (non-hydrogen) atoms. The Balaban J connectivity index is 0.000000157. The predicted molar refractivity (Wildman–Crippen MR) is 182 cm³/mol. The molecule has 3 heterocycles.